The Hall–Kier alpha value is -0.810. The Morgan fingerprint density at radius 3 is 2.71 bits per heavy atom. The van der Waals surface area contributed by atoms with Crippen molar-refractivity contribution < 1.29 is 9.84 Å². The summed E-state index contributed by atoms with van der Waals surface area (Å²) in [4.78, 5) is 4.27. The van der Waals surface area contributed by atoms with E-state index in [0.29, 0.717) is 18.7 Å². The Balaban J connectivity index is 2.52. The van der Waals surface area contributed by atoms with Gasteiger partial charge in [-0.1, -0.05) is 13.8 Å². The van der Waals surface area contributed by atoms with Crippen LogP contribution in [0.15, 0.2) is 4.99 Å². The van der Waals surface area contributed by atoms with Crippen molar-refractivity contribution in [3.05, 3.63) is 0 Å². The van der Waals surface area contributed by atoms with Crippen molar-refractivity contribution in [3.63, 3.8) is 0 Å². The number of hydrogen-bond acceptors (Lipinski definition) is 3. The van der Waals surface area contributed by atoms with Crippen LogP contribution in [0.3, 0.4) is 0 Å². The van der Waals surface area contributed by atoms with Crippen molar-refractivity contribution in [1.29, 1.82) is 0 Å². The van der Waals surface area contributed by atoms with E-state index in [9.17, 15) is 0 Å². The van der Waals surface area contributed by atoms with Crippen molar-refractivity contribution in [2.75, 3.05) is 26.8 Å². The Labute approximate surface area is 104 Å². The van der Waals surface area contributed by atoms with Crippen LogP contribution >= 0.6 is 0 Å². The molecule has 0 radical (unpaired) electrons. The SMILES string of the molecule is CCNC(=NCCO)NC1CC(OC)C1(C)C. The number of guanidine groups is 1. The molecule has 100 valence electrons. The molecule has 0 saturated heterocycles. The van der Waals surface area contributed by atoms with Gasteiger partial charge in [0.1, 0.15) is 0 Å². The second kappa shape index (κ2) is 6.21. The van der Waals surface area contributed by atoms with Gasteiger partial charge in [-0.05, 0) is 13.3 Å². The highest BCUT2D eigenvalue weighted by Crippen LogP contribution is 2.42. The van der Waals surface area contributed by atoms with Gasteiger partial charge in [-0.25, -0.2) is 0 Å². The molecule has 1 rings (SSSR count). The van der Waals surface area contributed by atoms with Crippen LogP contribution in [0.1, 0.15) is 27.2 Å². The van der Waals surface area contributed by atoms with Crippen LogP contribution in [-0.4, -0.2) is 50.0 Å². The third kappa shape index (κ3) is 3.33. The number of ether oxygens (including phenoxy) is 1. The monoisotopic (exact) mass is 243 g/mol. The van der Waals surface area contributed by atoms with Crippen molar-refractivity contribution >= 4 is 5.96 Å². The molecule has 3 N–H and O–H groups in total. The molecule has 17 heavy (non-hydrogen) atoms. The summed E-state index contributed by atoms with van der Waals surface area (Å²) in [6.07, 6.45) is 1.30. The minimum atomic E-state index is 0.0747. The van der Waals surface area contributed by atoms with Gasteiger partial charge in [0.05, 0.1) is 19.3 Å². The van der Waals surface area contributed by atoms with Gasteiger partial charge in [0.25, 0.3) is 0 Å². The van der Waals surface area contributed by atoms with Crippen LogP contribution in [0.25, 0.3) is 0 Å². The number of rotatable bonds is 5. The number of aliphatic imine (C=N–C) groups is 1. The van der Waals surface area contributed by atoms with E-state index in [1.165, 1.54) is 0 Å². The van der Waals surface area contributed by atoms with Crippen molar-refractivity contribution in [2.45, 2.75) is 39.3 Å². The number of nitrogens with one attached hydrogen (secondary N) is 2. The maximum absolute atomic E-state index is 8.79. The Morgan fingerprint density at radius 2 is 2.24 bits per heavy atom. The highest BCUT2D eigenvalue weighted by Gasteiger charge is 2.48. The van der Waals surface area contributed by atoms with Crippen molar-refractivity contribution in [2.24, 2.45) is 10.4 Å². The molecule has 0 bridgehead atoms. The predicted octanol–water partition coefficient (Wildman–Crippen LogP) is 0.347. The van der Waals surface area contributed by atoms with Crippen LogP contribution in [0.4, 0.5) is 0 Å². The van der Waals surface area contributed by atoms with Gasteiger partial charge in [0, 0.05) is 25.1 Å². The maximum atomic E-state index is 8.79. The van der Waals surface area contributed by atoms with Crippen LogP contribution in [0, 0.1) is 5.41 Å². The lowest BCUT2D eigenvalue weighted by Gasteiger charge is -2.51. The average molecular weight is 243 g/mol. The van der Waals surface area contributed by atoms with Crippen LogP contribution < -0.4 is 10.6 Å². The van der Waals surface area contributed by atoms with Crippen LogP contribution in [-0.2, 0) is 4.74 Å². The summed E-state index contributed by atoms with van der Waals surface area (Å²) in [6.45, 7) is 7.73. The van der Waals surface area contributed by atoms with E-state index in [-0.39, 0.29) is 12.0 Å². The van der Waals surface area contributed by atoms with Crippen molar-refractivity contribution in [1.82, 2.24) is 10.6 Å². The molecule has 0 spiro atoms. The molecule has 0 amide bonds. The Bertz CT molecular complexity index is 266. The Morgan fingerprint density at radius 1 is 1.53 bits per heavy atom. The van der Waals surface area contributed by atoms with E-state index in [4.69, 9.17) is 9.84 Å². The lowest BCUT2D eigenvalue weighted by atomic mass is 9.64. The summed E-state index contributed by atoms with van der Waals surface area (Å²) in [5.74, 6) is 0.772. The zero-order valence-electron chi connectivity index (χ0n) is 11.3. The fourth-order valence-electron chi connectivity index (χ4n) is 2.18. The largest absolute Gasteiger partial charge is 0.394 e. The first kappa shape index (κ1) is 14.3. The zero-order chi connectivity index (χ0) is 12.9. The van der Waals surface area contributed by atoms with E-state index < -0.39 is 0 Å². The molecule has 0 aromatic carbocycles. The van der Waals surface area contributed by atoms with Gasteiger partial charge in [0.2, 0.25) is 0 Å². The predicted molar refractivity (Wildman–Crippen MR) is 69.2 cm³/mol. The molecule has 5 nitrogen and oxygen atoms in total. The van der Waals surface area contributed by atoms with Crippen LogP contribution in [0.2, 0.25) is 0 Å². The first-order valence-corrected chi connectivity index (χ1v) is 6.24. The molecule has 0 heterocycles. The number of hydrogen-bond donors (Lipinski definition) is 3. The molecule has 2 unspecified atom stereocenters. The van der Waals surface area contributed by atoms with E-state index in [1.54, 1.807) is 7.11 Å². The molecule has 1 fully saturated rings. The van der Waals surface area contributed by atoms with Gasteiger partial charge in [-0.3, -0.25) is 4.99 Å². The lowest BCUT2D eigenvalue weighted by Crippen LogP contribution is -2.63. The number of methoxy groups -OCH3 is 1. The van der Waals surface area contributed by atoms with Crippen LogP contribution in [0.5, 0.6) is 0 Å². The molecule has 0 aromatic heterocycles. The van der Waals surface area contributed by atoms with E-state index >= 15 is 0 Å². The second-order valence-corrected chi connectivity index (χ2v) is 4.96. The smallest absolute Gasteiger partial charge is 0.191 e. The highest BCUT2D eigenvalue weighted by atomic mass is 16.5. The third-order valence-corrected chi connectivity index (χ3v) is 3.49. The molecule has 1 aliphatic rings. The zero-order valence-corrected chi connectivity index (χ0v) is 11.3. The van der Waals surface area contributed by atoms with Crippen molar-refractivity contribution in [3.8, 4) is 0 Å². The molecule has 0 aliphatic heterocycles. The standard InChI is InChI=1S/C12H25N3O2/c1-5-13-11(14-6-7-16)15-9-8-10(17-4)12(9,2)3/h9-10,16H,5-8H2,1-4H3,(H2,13,14,15). The molecule has 1 aliphatic carbocycles. The highest BCUT2D eigenvalue weighted by molar-refractivity contribution is 5.80. The third-order valence-electron chi connectivity index (χ3n) is 3.49. The molecular weight excluding hydrogens is 218 g/mol. The quantitative estimate of drug-likeness (QED) is 0.481. The van der Waals surface area contributed by atoms with E-state index in [2.05, 4.69) is 29.5 Å². The van der Waals surface area contributed by atoms with Gasteiger partial charge in [-0.15, -0.1) is 0 Å². The maximum Gasteiger partial charge on any atom is 0.191 e. The summed E-state index contributed by atoms with van der Waals surface area (Å²) in [5, 5.41) is 15.4. The number of nitrogens with zero attached hydrogens (tertiary/aromatic N) is 1. The van der Waals surface area contributed by atoms with E-state index in [1.807, 2.05) is 6.92 Å². The summed E-state index contributed by atoms with van der Waals surface area (Å²) in [7, 11) is 1.76. The molecule has 5 heteroatoms. The molecule has 0 aromatic rings. The Kier molecular flexibility index (Phi) is 5.21. The summed E-state index contributed by atoms with van der Waals surface area (Å²) < 4.78 is 5.41. The minimum absolute atomic E-state index is 0.0747. The van der Waals surface area contributed by atoms with E-state index in [0.717, 1.165) is 18.9 Å². The minimum Gasteiger partial charge on any atom is -0.394 e. The number of aliphatic hydroxyl groups is 1. The van der Waals surface area contributed by atoms with Gasteiger partial charge < -0.3 is 20.5 Å². The fourth-order valence-corrected chi connectivity index (χ4v) is 2.18. The first-order chi connectivity index (χ1) is 8.06. The molecule has 2 atom stereocenters. The summed E-state index contributed by atoms with van der Waals surface area (Å²) in [5.41, 5.74) is 0.115. The lowest BCUT2D eigenvalue weighted by molar-refractivity contribution is -0.0922. The number of aliphatic hydroxyl groups excluding tert-OH is 1. The second-order valence-electron chi connectivity index (χ2n) is 4.96. The topological polar surface area (TPSA) is 65.9 Å². The van der Waals surface area contributed by atoms with Gasteiger partial charge in [0.15, 0.2) is 5.96 Å². The normalized spacial score (nSPS) is 27.5. The molecular formula is C12H25N3O2. The van der Waals surface area contributed by atoms with Gasteiger partial charge in [-0.2, -0.15) is 0 Å². The summed E-state index contributed by atoms with van der Waals surface area (Å²) in [6, 6.07) is 0.365. The first-order valence-electron chi connectivity index (χ1n) is 6.24. The average Bonchev–Trinajstić information content (AvgIpc) is 2.30. The summed E-state index contributed by atoms with van der Waals surface area (Å²) >= 11 is 0. The molecule has 1 saturated carbocycles. The fraction of sp³-hybridized carbons (Fsp3) is 0.917. The van der Waals surface area contributed by atoms with Gasteiger partial charge >= 0.3 is 0 Å².